The van der Waals surface area contributed by atoms with Crippen LogP contribution in [-0.4, -0.2) is 29.3 Å². The highest BCUT2D eigenvalue weighted by Crippen LogP contribution is 2.31. The van der Waals surface area contributed by atoms with E-state index in [0.29, 0.717) is 39.2 Å². The maximum absolute atomic E-state index is 14.0. The Labute approximate surface area is 204 Å². The minimum Gasteiger partial charge on any atom is -0.383 e. The molecule has 0 aliphatic rings. The smallest absolute Gasteiger partial charge is 0.264 e. The predicted octanol–water partition coefficient (Wildman–Crippen LogP) is 4.27. The van der Waals surface area contributed by atoms with E-state index in [-0.39, 0.29) is 23.7 Å². The number of hydrogen-bond acceptors (Lipinski definition) is 6. The number of halogens is 1. The molecule has 0 aliphatic heterocycles. The molecule has 2 aromatic carbocycles. The van der Waals surface area contributed by atoms with Crippen molar-refractivity contribution in [2.24, 2.45) is 0 Å². The van der Waals surface area contributed by atoms with Gasteiger partial charge in [0.1, 0.15) is 29.5 Å². The standard InChI is InChI=1S/C27H20FN7O/c1-16-6-5-11-30-25(16)35-20(13-17-7-2-3-10-21(17)27(35)36)14-34-26-22(24(29)31-15-32-26)23(33-34)18-8-4-9-19(28)12-18/h2-13,15H,14H2,1H3,(H2,29,31,32). The molecule has 9 heteroatoms. The number of aromatic nitrogens is 6. The zero-order chi connectivity index (χ0) is 24.8. The molecule has 0 fully saturated rings. The second kappa shape index (κ2) is 8.38. The fraction of sp³-hybridized carbons (Fsp3) is 0.0741. The van der Waals surface area contributed by atoms with E-state index in [1.54, 1.807) is 33.6 Å². The summed E-state index contributed by atoms with van der Waals surface area (Å²) in [6, 6.07) is 19.2. The molecule has 8 nitrogen and oxygen atoms in total. The summed E-state index contributed by atoms with van der Waals surface area (Å²) in [5, 5.41) is 6.67. The van der Waals surface area contributed by atoms with Crippen LogP contribution in [0.4, 0.5) is 10.2 Å². The van der Waals surface area contributed by atoms with Crippen molar-refractivity contribution in [3.63, 3.8) is 0 Å². The second-order valence-electron chi connectivity index (χ2n) is 8.48. The quantitative estimate of drug-likeness (QED) is 0.407. The van der Waals surface area contributed by atoms with Gasteiger partial charge >= 0.3 is 0 Å². The van der Waals surface area contributed by atoms with Gasteiger partial charge < -0.3 is 5.73 Å². The van der Waals surface area contributed by atoms with Gasteiger partial charge in [0.2, 0.25) is 0 Å². The molecule has 4 heterocycles. The third-order valence-corrected chi connectivity index (χ3v) is 6.17. The Balaban J connectivity index is 1.61. The molecule has 0 saturated heterocycles. The maximum atomic E-state index is 14.0. The van der Waals surface area contributed by atoms with Crippen molar-refractivity contribution in [1.29, 1.82) is 0 Å². The van der Waals surface area contributed by atoms with Crippen LogP contribution in [0.5, 0.6) is 0 Å². The topological polar surface area (TPSA) is 105 Å². The van der Waals surface area contributed by atoms with Crippen LogP contribution >= 0.6 is 0 Å². The highest BCUT2D eigenvalue weighted by atomic mass is 19.1. The van der Waals surface area contributed by atoms with Gasteiger partial charge in [0.25, 0.3) is 5.56 Å². The summed E-state index contributed by atoms with van der Waals surface area (Å²) in [5.41, 5.74) is 9.05. The molecular formula is C27H20FN7O. The highest BCUT2D eigenvalue weighted by molar-refractivity contribution is 5.98. The van der Waals surface area contributed by atoms with Gasteiger partial charge in [-0.15, -0.1) is 0 Å². The molecule has 0 radical (unpaired) electrons. The average molecular weight is 478 g/mol. The van der Waals surface area contributed by atoms with Crippen LogP contribution in [0.25, 0.3) is 38.9 Å². The van der Waals surface area contributed by atoms with Gasteiger partial charge in [0, 0.05) is 17.1 Å². The summed E-state index contributed by atoms with van der Waals surface area (Å²) in [5.74, 6) is 0.390. The number of nitrogens with two attached hydrogens (primary N) is 1. The van der Waals surface area contributed by atoms with Crippen molar-refractivity contribution in [3.8, 4) is 17.1 Å². The molecule has 0 aliphatic carbocycles. The SMILES string of the molecule is Cc1cccnc1-n1c(Cn2nc(-c3cccc(F)c3)c3c(N)ncnc32)cc2ccccc2c1=O. The lowest BCUT2D eigenvalue weighted by molar-refractivity contribution is 0.628. The number of hydrogen-bond donors (Lipinski definition) is 1. The molecule has 0 amide bonds. The van der Waals surface area contributed by atoms with Crippen molar-refractivity contribution in [2.45, 2.75) is 13.5 Å². The lowest BCUT2D eigenvalue weighted by Gasteiger charge is -2.16. The Morgan fingerprint density at radius 2 is 1.83 bits per heavy atom. The number of nitrogens with zero attached hydrogens (tertiary/aromatic N) is 6. The molecule has 0 unspecified atom stereocenters. The van der Waals surface area contributed by atoms with Gasteiger partial charge in [-0.3, -0.25) is 9.36 Å². The first kappa shape index (κ1) is 21.6. The van der Waals surface area contributed by atoms with Crippen LogP contribution in [0.15, 0.2) is 84.0 Å². The Morgan fingerprint density at radius 3 is 2.67 bits per heavy atom. The predicted molar refractivity (Wildman–Crippen MR) is 136 cm³/mol. The van der Waals surface area contributed by atoms with Gasteiger partial charge in [-0.25, -0.2) is 24.0 Å². The minimum atomic E-state index is -0.389. The minimum absolute atomic E-state index is 0.180. The lowest BCUT2D eigenvalue weighted by atomic mass is 10.1. The van der Waals surface area contributed by atoms with E-state index >= 15 is 0 Å². The summed E-state index contributed by atoms with van der Waals surface area (Å²) >= 11 is 0. The van der Waals surface area contributed by atoms with Gasteiger partial charge in [0.05, 0.1) is 17.6 Å². The number of pyridine rings is 2. The maximum Gasteiger partial charge on any atom is 0.264 e. The summed E-state index contributed by atoms with van der Waals surface area (Å²) in [4.78, 5) is 26.7. The van der Waals surface area contributed by atoms with Crippen LogP contribution in [0.1, 0.15) is 11.3 Å². The lowest BCUT2D eigenvalue weighted by Crippen LogP contribution is -2.25. The van der Waals surface area contributed by atoms with Crippen molar-refractivity contribution in [1.82, 2.24) is 29.3 Å². The van der Waals surface area contributed by atoms with Crippen LogP contribution in [0, 0.1) is 12.7 Å². The van der Waals surface area contributed by atoms with E-state index in [2.05, 4.69) is 15.0 Å². The molecule has 0 saturated carbocycles. The van der Waals surface area contributed by atoms with Crippen LogP contribution < -0.4 is 11.3 Å². The van der Waals surface area contributed by atoms with E-state index < -0.39 is 0 Å². The normalized spacial score (nSPS) is 11.4. The van der Waals surface area contributed by atoms with Gasteiger partial charge in [-0.2, -0.15) is 5.10 Å². The first-order valence-corrected chi connectivity index (χ1v) is 11.3. The molecule has 176 valence electrons. The van der Waals surface area contributed by atoms with Gasteiger partial charge in [0.15, 0.2) is 5.65 Å². The monoisotopic (exact) mass is 477 g/mol. The third-order valence-electron chi connectivity index (χ3n) is 6.17. The first-order valence-electron chi connectivity index (χ1n) is 11.3. The van der Waals surface area contributed by atoms with Gasteiger partial charge in [-0.1, -0.05) is 36.4 Å². The largest absolute Gasteiger partial charge is 0.383 e. The van der Waals surface area contributed by atoms with Crippen molar-refractivity contribution in [3.05, 3.63) is 107 Å². The van der Waals surface area contributed by atoms with E-state index in [0.717, 1.165) is 10.9 Å². The zero-order valence-electron chi connectivity index (χ0n) is 19.3. The second-order valence-corrected chi connectivity index (χ2v) is 8.48. The van der Waals surface area contributed by atoms with Crippen LogP contribution in [0.3, 0.4) is 0 Å². The van der Waals surface area contributed by atoms with Crippen LogP contribution in [0.2, 0.25) is 0 Å². The molecule has 2 N–H and O–H groups in total. The number of aryl methyl sites for hydroxylation is 1. The van der Waals surface area contributed by atoms with E-state index in [1.807, 2.05) is 43.3 Å². The Morgan fingerprint density at radius 1 is 0.972 bits per heavy atom. The Hall–Kier alpha value is -4.92. The Kier molecular flexibility index (Phi) is 5.03. The summed E-state index contributed by atoms with van der Waals surface area (Å²) in [6.07, 6.45) is 3.02. The van der Waals surface area contributed by atoms with E-state index in [9.17, 15) is 9.18 Å². The summed E-state index contributed by atoms with van der Waals surface area (Å²) < 4.78 is 17.3. The van der Waals surface area contributed by atoms with Crippen molar-refractivity contribution in [2.75, 3.05) is 5.73 Å². The zero-order valence-corrected chi connectivity index (χ0v) is 19.3. The highest BCUT2D eigenvalue weighted by Gasteiger charge is 2.20. The molecule has 6 rings (SSSR count). The molecule has 0 spiro atoms. The molecular weight excluding hydrogens is 457 g/mol. The average Bonchev–Trinajstić information content (AvgIpc) is 3.25. The molecule has 0 bridgehead atoms. The fourth-order valence-corrected chi connectivity index (χ4v) is 4.50. The summed E-state index contributed by atoms with van der Waals surface area (Å²) in [6.45, 7) is 2.10. The fourth-order valence-electron chi connectivity index (χ4n) is 4.50. The molecule has 4 aromatic heterocycles. The van der Waals surface area contributed by atoms with Crippen LogP contribution in [-0.2, 0) is 6.54 Å². The van der Waals surface area contributed by atoms with Gasteiger partial charge in [-0.05, 0) is 48.2 Å². The van der Waals surface area contributed by atoms with Crippen molar-refractivity contribution < 1.29 is 4.39 Å². The number of rotatable bonds is 4. The van der Waals surface area contributed by atoms with Crippen molar-refractivity contribution >= 4 is 27.6 Å². The molecule has 6 aromatic rings. The Bertz CT molecular complexity index is 1840. The molecule has 36 heavy (non-hydrogen) atoms. The third kappa shape index (κ3) is 3.49. The number of fused-ring (bicyclic) bond motifs is 2. The number of benzene rings is 2. The van der Waals surface area contributed by atoms with E-state index in [1.165, 1.54) is 18.5 Å². The summed E-state index contributed by atoms with van der Waals surface area (Å²) in [7, 11) is 0. The number of nitrogen functional groups attached to an aromatic ring is 1. The van der Waals surface area contributed by atoms with E-state index in [4.69, 9.17) is 10.8 Å². The number of anilines is 1. The molecule has 0 atom stereocenters. The first-order chi connectivity index (χ1) is 17.5.